The molecular formula is C18H21NO2. The average Bonchev–Trinajstić information content (AvgIpc) is 2.52. The molecule has 21 heavy (non-hydrogen) atoms. The molecule has 0 saturated heterocycles. The molecule has 1 N–H and O–H groups in total. The third-order valence-electron chi connectivity index (χ3n) is 3.92. The summed E-state index contributed by atoms with van der Waals surface area (Å²) in [4.78, 5) is 0. The van der Waals surface area contributed by atoms with Gasteiger partial charge in [-0.3, -0.25) is 0 Å². The van der Waals surface area contributed by atoms with Gasteiger partial charge in [0, 0.05) is 18.0 Å². The summed E-state index contributed by atoms with van der Waals surface area (Å²) in [5, 5.41) is 3.24. The summed E-state index contributed by atoms with van der Waals surface area (Å²) >= 11 is 0. The highest BCUT2D eigenvalue weighted by Gasteiger charge is 2.32. The van der Waals surface area contributed by atoms with Crippen LogP contribution in [0, 0.1) is 12.8 Å². The first kappa shape index (κ1) is 14.0. The van der Waals surface area contributed by atoms with Crippen molar-refractivity contribution in [1.29, 1.82) is 0 Å². The fourth-order valence-corrected chi connectivity index (χ4v) is 2.80. The Labute approximate surface area is 125 Å². The van der Waals surface area contributed by atoms with E-state index in [0.29, 0.717) is 12.5 Å². The molecule has 0 aliphatic carbocycles. The lowest BCUT2D eigenvalue weighted by Gasteiger charge is -2.34. The molecule has 1 heterocycles. The maximum atomic E-state index is 6.36. The molecule has 0 fully saturated rings. The van der Waals surface area contributed by atoms with Crippen molar-refractivity contribution in [3.8, 4) is 11.5 Å². The second-order valence-electron chi connectivity index (χ2n) is 5.47. The number of rotatable bonds is 4. The summed E-state index contributed by atoms with van der Waals surface area (Å²) in [7, 11) is 1.96. The van der Waals surface area contributed by atoms with Gasteiger partial charge in [0.1, 0.15) is 17.6 Å². The van der Waals surface area contributed by atoms with Crippen LogP contribution in [0.4, 0.5) is 0 Å². The molecule has 3 heteroatoms. The Morgan fingerprint density at radius 2 is 1.90 bits per heavy atom. The van der Waals surface area contributed by atoms with Gasteiger partial charge in [0.05, 0.1) is 6.61 Å². The van der Waals surface area contributed by atoms with Gasteiger partial charge < -0.3 is 14.8 Å². The molecular weight excluding hydrogens is 262 g/mol. The minimum absolute atomic E-state index is 0.0171. The topological polar surface area (TPSA) is 30.5 Å². The molecule has 0 bridgehead atoms. The lowest BCUT2D eigenvalue weighted by Crippen LogP contribution is -2.36. The highest BCUT2D eigenvalue weighted by Crippen LogP contribution is 2.38. The molecule has 0 radical (unpaired) electrons. The number of nitrogens with one attached hydrogen (secondary N) is 1. The van der Waals surface area contributed by atoms with Crippen LogP contribution in [0.1, 0.15) is 17.2 Å². The highest BCUT2D eigenvalue weighted by molar-refractivity contribution is 5.39. The van der Waals surface area contributed by atoms with Crippen molar-refractivity contribution >= 4 is 0 Å². The van der Waals surface area contributed by atoms with Crippen LogP contribution in [0.3, 0.4) is 0 Å². The van der Waals surface area contributed by atoms with E-state index in [2.05, 4.69) is 24.4 Å². The van der Waals surface area contributed by atoms with Crippen molar-refractivity contribution in [2.75, 3.05) is 20.2 Å². The minimum atomic E-state index is 0.0171. The van der Waals surface area contributed by atoms with Crippen LogP contribution in [0.25, 0.3) is 0 Å². The Bertz CT molecular complexity index is 612. The van der Waals surface area contributed by atoms with Crippen molar-refractivity contribution in [2.45, 2.75) is 13.0 Å². The second kappa shape index (κ2) is 6.19. The lowest BCUT2D eigenvalue weighted by molar-refractivity contribution is 0.0699. The van der Waals surface area contributed by atoms with Gasteiger partial charge in [-0.05, 0) is 31.7 Å². The number of hydrogen-bond acceptors (Lipinski definition) is 3. The maximum Gasteiger partial charge on any atom is 0.135 e. The molecule has 2 aromatic rings. The van der Waals surface area contributed by atoms with Crippen molar-refractivity contribution in [2.24, 2.45) is 5.92 Å². The quantitative estimate of drug-likeness (QED) is 0.933. The van der Waals surface area contributed by atoms with Crippen LogP contribution in [0.5, 0.6) is 11.5 Å². The molecule has 110 valence electrons. The van der Waals surface area contributed by atoms with E-state index in [1.807, 2.05) is 43.4 Å². The first-order chi connectivity index (χ1) is 10.3. The van der Waals surface area contributed by atoms with Gasteiger partial charge in [0.25, 0.3) is 0 Å². The molecule has 0 amide bonds. The van der Waals surface area contributed by atoms with Gasteiger partial charge >= 0.3 is 0 Å². The van der Waals surface area contributed by atoms with E-state index < -0.39 is 0 Å². The number of fused-ring (bicyclic) bond motifs is 1. The standard InChI is InChI=1S/C18H21NO2/c1-13-7-3-5-9-16(13)21-18-14(11-19-2)12-20-17-10-6-4-8-15(17)18/h3-10,14,18-19H,11-12H2,1-2H3/t14-,18?/m0/s1. The number of para-hydroxylation sites is 2. The molecule has 1 unspecified atom stereocenters. The minimum Gasteiger partial charge on any atom is -0.493 e. The molecule has 2 aromatic carbocycles. The number of aryl methyl sites for hydroxylation is 1. The van der Waals surface area contributed by atoms with Crippen LogP contribution < -0.4 is 14.8 Å². The fraction of sp³-hybridized carbons (Fsp3) is 0.333. The predicted molar refractivity (Wildman–Crippen MR) is 83.9 cm³/mol. The monoisotopic (exact) mass is 283 g/mol. The van der Waals surface area contributed by atoms with Gasteiger partial charge in [0.2, 0.25) is 0 Å². The number of benzene rings is 2. The van der Waals surface area contributed by atoms with Crippen LogP contribution in [0.15, 0.2) is 48.5 Å². The van der Waals surface area contributed by atoms with E-state index in [1.165, 1.54) is 0 Å². The first-order valence-corrected chi connectivity index (χ1v) is 7.38. The predicted octanol–water partition coefficient (Wildman–Crippen LogP) is 3.34. The van der Waals surface area contributed by atoms with E-state index in [9.17, 15) is 0 Å². The largest absolute Gasteiger partial charge is 0.493 e. The molecule has 2 atom stereocenters. The summed E-state index contributed by atoms with van der Waals surface area (Å²) < 4.78 is 12.2. The van der Waals surface area contributed by atoms with E-state index in [0.717, 1.165) is 29.2 Å². The lowest BCUT2D eigenvalue weighted by atomic mass is 9.93. The van der Waals surface area contributed by atoms with E-state index in [1.54, 1.807) is 0 Å². The van der Waals surface area contributed by atoms with Crippen LogP contribution in [0.2, 0.25) is 0 Å². The van der Waals surface area contributed by atoms with Gasteiger partial charge in [-0.1, -0.05) is 36.4 Å². The first-order valence-electron chi connectivity index (χ1n) is 7.38. The summed E-state index contributed by atoms with van der Waals surface area (Å²) in [6.07, 6.45) is 0.0171. The maximum absolute atomic E-state index is 6.36. The van der Waals surface area contributed by atoms with E-state index in [4.69, 9.17) is 9.47 Å². The highest BCUT2D eigenvalue weighted by atomic mass is 16.5. The zero-order valence-corrected chi connectivity index (χ0v) is 12.5. The summed E-state index contributed by atoms with van der Waals surface area (Å²) in [5.41, 5.74) is 2.29. The zero-order chi connectivity index (χ0) is 14.7. The molecule has 1 aliphatic rings. The smallest absolute Gasteiger partial charge is 0.135 e. The molecule has 1 aliphatic heterocycles. The summed E-state index contributed by atoms with van der Waals surface area (Å²) in [5.74, 6) is 2.17. The molecule has 0 saturated carbocycles. The number of ether oxygens (including phenoxy) is 2. The van der Waals surface area contributed by atoms with Crippen molar-refractivity contribution in [1.82, 2.24) is 5.32 Å². The fourth-order valence-electron chi connectivity index (χ4n) is 2.80. The van der Waals surface area contributed by atoms with Gasteiger partial charge in [-0.25, -0.2) is 0 Å². The summed E-state index contributed by atoms with van der Waals surface area (Å²) in [6, 6.07) is 16.3. The van der Waals surface area contributed by atoms with Crippen LogP contribution in [-0.4, -0.2) is 20.2 Å². The normalized spacial score (nSPS) is 20.5. The van der Waals surface area contributed by atoms with E-state index >= 15 is 0 Å². The third kappa shape index (κ3) is 2.88. The van der Waals surface area contributed by atoms with Gasteiger partial charge in [-0.2, -0.15) is 0 Å². The molecule has 0 aromatic heterocycles. The zero-order valence-electron chi connectivity index (χ0n) is 12.5. The van der Waals surface area contributed by atoms with Crippen LogP contribution >= 0.6 is 0 Å². The van der Waals surface area contributed by atoms with Crippen LogP contribution in [-0.2, 0) is 0 Å². The Balaban J connectivity index is 1.93. The molecule has 3 rings (SSSR count). The second-order valence-corrected chi connectivity index (χ2v) is 5.47. The Kier molecular flexibility index (Phi) is 4.11. The van der Waals surface area contributed by atoms with Crippen molar-refractivity contribution < 1.29 is 9.47 Å². The summed E-state index contributed by atoms with van der Waals surface area (Å²) in [6.45, 7) is 3.62. The van der Waals surface area contributed by atoms with Gasteiger partial charge in [0.15, 0.2) is 0 Å². The Morgan fingerprint density at radius 3 is 2.71 bits per heavy atom. The Morgan fingerprint density at radius 1 is 1.14 bits per heavy atom. The average molecular weight is 283 g/mol. The van der Waals surface area contributed by atoms with E-state index in [-0.39, 0.29) is 6.10 Å². The Hall–Kier alpha value is -2.00. The molecule has 0 spiro atoms. The van der Waals surface area contributed by atoms with Gasteiger partial charge in [-0.15, -0.1) is 0 Å². The number of hydrogen-bond donors (Lipinski definition) is 1. The van der Waals surface area contributed by atoms with Crippen molar-refractivity contribution in [3.63, 3.8) is 0 Å². The SMILES string of the molecule is CNC[C@H]1COc2ccccc2C1Oc1ccccc1C. The third-order valence-corrected chi connectivity index (χ3v) is 3.92. The van der Waals surface area contributed by atoms with Crippen molar-refractivity contribution in [3.05, 3.63) is 59.7 Å². The molecule has 3 nitrogen and oxygen atoms in total.